The SMILES string of the molecule is O=C(O)c1cccc(NC(=O)c2ccc(OCC3CC3)cc2)c1. The van der Waals surface area contributed by atoms with Crippen molar-refractivity contribution < 1.29 is 19.4 Å². The van der Waals surface area contributed by atoms with Crippen LogP contribution in [0.1, 0.15) is 33.6 Å². The standard InChI is InChI=1S/C18H17NO4/c20-17(19-15-3-1-2-14(10-15)18(21)22)13-6-8-16(9-7-13)23-11-12-4-5-12/h1-3,6-10,12H,4-5,11H2,(H,19,20)(H,21,22). The second-order valence-corrected chi connectivity index (χ2v) is 5.62. The summed E-state index contributed by atoms with van der Waals surface area (Å²) in [6.07, 6.45) is 2.46. The summed E-state index contributed by atoms with van der Waals surface area (Å²) in [5.41, 5.74) is 1.07. The van der Waals surface area contributed by atoms with Crippen LogP contribution in [0.15, 0.2) is 48.5 Å². The molecule has 0 unspecified atom stereocenters. The van der Waals surface area contributed by atoms with Crippen molar-refractivity contribution in [2.45, 2.75) is 12.8 Å². The fourth-order valence-corrected chi connectivity index (χ4v) is 2.13. The third-order valence-electron chi connectivity index (χ3n) is 3.67. The molecule has 1 fully saturated rings. The Balaban J connectivity index is 1.63. The number of carbonyl (C=O) groups is 2. The minimum absolute atomic E-state index is 0.131. The van der Waals surface area contributed by atoms with Crippen molar-refractivity contribution >= 4 is 17.6 Å². The predicted octanol–water partition coefficient (Wildman–Crippen LogP) is 3.43. The lowest BCUT2D eigenvalue weighted by Gasteiger charge is -2.08. The average molecular weight is 311 g/mol. The van der Waals surface area contributed by atoms with Gasteiger partial charge < -0.3 is 15.2 Å². The van der Waals surface area contributed by atoms with Crippen molar-refractivity contribution in [2.24, 2.45) is 5.92 Å². The fraction of sp³-hybridized carbons (Fsp3) is 0.222. The van der Waals surface area contributed by atoms with Crippen LogP contribution in [0.4, 0.5) is 5.69 Å². The Bertz CT molecular complexity index is 720. The molecule has 118 valence electrons. The third kappa shape index (κ3) is 4.10. The number of nitrogens with one attached hydrogen (secondary N) is 1. The third-order valence-corrected chi connectivity index (χ3v) is 3.67. The van der Waals surface area contributed by atoms with E-state index in [4.69, 9.17) is 9.84 Å². The van der Waals surface area contributed by atoms with E-state index in [0.717, 1.165) is 12.4 Å². The molecule has 5 nitrogen and oxygen atoms in total. The molecule has 1 aliphatic carbocycles. The van der Waals surface area contributed by atoms with E-state index >= 15 is 0 Å². The number of hydrogen-bond acceptors (Lipinski definition) is 3. The number of ether oxygens (including phenoxy) is 1. The normalized spacial score (nSPS) is 13.4. The summed E-state index contributed by atoms with van der Waals surface area (Å²) in [4.78, 5) is 23.1. The van der Waals surface area contributed by atoms with E-state index in [9.17, 15) is 9.59 Å². The van der Waals surface area contributed by atoms with Crippen molar-refractivity contribution in [3.63, 3.8) is 0 Å². The fourth-order valence-electron chi connectivity index (χ4n) is 2.13. The van der Waals surface area contributed by atoms with Gasteiger partial charge in [0.15, 0.2) is 0 Å². The molecule has 0 spiro atoms. The van der Waals surface area contributed by atoms with Gasteiger partial charge in [-0.25, -0.2) is 4.79 Å². The molecule has 0 aromatic heterocycles. The largest absolute Gasteiger partial charge is 0.493 e. The number of carbonyl (C=O) groups excluding carboxylic acids is 1. The van der Waals surface area contributed by atoms with Gasteiger partial charge in [0, 0.05) is 11.3 Å². The van der Waals surface area contributed by atoms with Gasteiger partial charge >= 0.3 is 5.97 Å². The lowest BCUT2D eigenvalue weighted by atomic mass is 10.1. The van der Waals surface area contributed by atoms with Gasteiger partial charge in [-0.1, -0.05) is 6.07 Å². The highest BCUT2D eigenvalue weighted by atomic mass is 16.5. The van der Waals surface area contributed by atoms with Gasteiger partial charge in [0.1, 0.15) is 5.75 Å². The molecule has 1 amide bonds. The summed E-state index contributed by atoms with van der Waals surface area (Å²) in [7, 11) is 0. The Labute approximate surface area is 133 Å². The van der Waals surface area contributed by atoms with Crippen LogP contribution in [-0.2, 0) is 0 Å². The van der Waals surface area contributed by atoms with Gasteiger partial charge in [-0.05, 0) is 61.2 Å². The number of amides is 1. The molecule has 0 atom stereocenters. The van der Waals surface area contributed by atoms with Gasteiger partial charge in [0.2, 0.25) is 0 Å². The molecule has 0 saturated heterocycles. The van der Waals surface area contributed by atoms with Crippen molar-refractivity contribution in [2.75, 3.05) is 11.9 Å². The quantitative estimate of drug-likeness (QED) is 0.857. The summed E-state index contributed by atoms with van der Waals surface area (Å²) in [6, 6.07) is 13.1. The summed E-state index contributed by atoms with van der Waals surface area (Å²) < 4.78 is 5.63. The lowest BCUT2D eigenvalue weighted by Crippen LogP contribution is -2.12. The predicted molar refractivity (Wildman–Crippen MR) is 86.0 cm³/mol. The molecule has 0 aliphatic heterocycles. The van der Waals surface area contributed by atoms with Crippen LogP contribution in [0, 0.1) is 5.92 Å². The number of carboxylic acids is 1. The Morgan fingerprint density at radius 3 is 2.48 bits per heavy atom. The second-order valence-electron chi connectivity index (χ2n) is 5.62. The van der Waals surface area contributed by atoms with Crippen molar-refractivity contribution in [1.82, 2.24) is 0 Å². The average Bonchev–Trinajstić information content (AvgIpc) is 3.38. The number of anilines is 1. The summed E-state index contributed by atoms with van der Waals surface area (Å²) >= 11 is 0. The highest BCUT2D eigenvalue weighted by molar-refractivity contribution is 6.04. The van der Waals surface area contributed by atoms with E-state index in [0.29, 0.717) is 17.2 Å². The lowest BCUT2D eigenvalue weighted by molar-refractivity contribution is 0.0696. The maximum atomic E-state index is 12.2. The molecule has 3 rings (SSSR count). The number of benzene rings is 2. The number of carboxylic acid groups (broad SMARTS) is 1. The molecule has 0 heterocycles. The molecule has 1 aliphatic rings. The zero-order chi connectivity index (χ0) is 16.2. The van der Waals surface area contributed by atoms with Crippen LogP contribution >= 0.6 is 0 Å². The first-order chi connectivity index (χ1) is 11.1. The number of rotatable bonds is 6. The minimum atomic E-state index is -1.03. The van der Waals surface area contributed by atoms with Crippen LogP contribution in [0.5, 0.6) is 5.75 Å². The molecule has 23 heavy (non-hydrogen) atoms. The minimum Gasteiger partial charge on any atom is -0.493 e. The van der Waals surface area contributed by atoms with Gasteiger partial charge in [-0.2, -0.15) is 0 Å². The Morgan fingerprint density at radius 2 is 1.83 bits per heavy atom. The van der Waals surface area contributed by atoms with E-state index < -0.39 is 5.97 Å². The maximum absolute atomic E-state index is 12.2. The zero-order valence-electron chi connectivity index (χ0n) is 12.5. The second kappa shape index (κ2) is 6.52. The van der Waals surface area contributed by atoms with E-state index in [-0.39, 0.29) is 11.5 Å². The van der Waals surface area contributed by atoms with Gasteiger partial charge in [-0.3, -0.25) is 4.79 Å². The summed E-state index contributed by atoms with van der Waals surface area (Å²) in [5, 5.41) is 11.6. The van der Waals surface area contributed by atoms with Gasteiger partial charge in [0.05, 0.1) is 12.2 Å². The Hall–Kier alpha value is -2.82. The van der Waals surface area contributed by atoms with Crippen molar-refractivity contribution in [3.05, 3.63) is 59.7 Å². The maximum Gasteiger partial charge on any atom is 0.335 e. The first-order valence-corrected chi connectivity index (χ1v) is 7.49. The monoisotopic (exact) mass is 311 g/mol. The summed E-state index contributed by atoms with van der Waals surface area (Å²) in [6.45, 7) is 0.730. The number of hydrogen-bond donors (Lipinski definition) is 2. The highest BCUT2D eigenvalue weighted by Gasteiger charge is 2.21. The van der Waals surface area contributed by atoms with Crippen molar-refractivity contribution in [3.8, 4) is 5.75 Å². The molecule has 1 saturated carbocycles. The number of aromatic carboxylic acids is 1. The molecule has 0 bridgehead atoms. The molecule has 2 N–H and O–H groups in total. The highest BCUT2D eigenvalue weighted by Crippen LogP contribution is 2.29. The zero-order valence-corrected chi connectivity index (χ0v) is 12.5. The van der Waals surface area contributed by atoms with E-state index in [1.54, 1.807) is 36.4 Å². The van der Waals surface area contributed by atoms with Crippen LogP contribution in [-0.4, -0.2) is 23.6 Å². The van der Waals surface area contributed by atoms with Gasteiger partial charge in [0.25, 0.3) is 5.91 Å². The molecule has 5 heteroatoms. The summed E-state index contributed by atoms with van der Waals surface area (Å²) in [5.74, 6) is 0.111. The van der Waals surface area contributed by atoms with Gasteiger partial charge in [-0.15, -0.1) is 0 Å². The van der Waals surface area contributed by atoms with Crippen molar-refractivity contribution in [1.29, 1.82) is 0 Å². The molecule has 0 radical (unpaired) electrons. The van der Waals surface area contributed by atoms with Crippen LogP contribution in [0.3, 0.4) is 0 Å². The topological polar surface area (TPSA) is 75.6 Å². The van der Waals surface area contributed by atoms with E-state index in [1.165, 1.54) is 25.0 Å². The molecular formula is C18H17NO4. The smallest absolute Gasteiger partial charge is 0.335 e. The van der Waals surface area contributed by atoms with E-state index in [2.05, 4.69) is 5.32 Å². The first-order valence-electron chi connectivity index (χ1n) is 7.49. The van der Waals surface area contributed by atoms with E-state index in [1.807, 2.05) is 0 Å². The molecule has 2 aromatic rings. The molecular weight excluding hydrogens is 294 g/mol. The molecule has 2 aromatic carbocycles. The Morgan fingerprint density at radius 1 is 1.09 bits per heavy atom. The first kappa shape index (κ1) is 15.1. The Kier molecular flexibility index (Phi) is 4.28. The van der Waals surface area contributed by atoms with Crippen LogP contribution in [0.25, 0.3) is 0 Å². The van der Waals surface area contributed by atoms with Crippen LogP contribution < -0.4 is 10.1 Å². The van der Waals surface area contributed by atoms with Crippen LogP contribution in [0.2, 0.25) is 0 Å².